The van der Waals surface area contributed by atoms with Crippen LogP contribution in [-0.4, -0.2) is 362 Å². The predicted octanol–water partition coefficient (Wildman–Crippen LogP) is 9.33. The van der Waals surface area contributed by atoms with Gasteiger partial charge in [-0.3, -0.25) is 0 Å². The minimum Gasteiger partial charge on any atom is -0.506 e. The van der Waals surface area contributed by atoms with E-state index < -0.39 is 333 Å². The fourth-order valence-electron chi connectivity index (χ4n) is 15.7. The lowest BCUT2D eigenvalue weighted by Crippen LogP contribution is -2.40. The molecule has 36 N–H and O–H groups in total. The van der Waals surface area contributed by atoms with Gasteiger partial charge < -0.3 is 222 Å². The van der Waals surface area contributed by atoms with Crippen molar-refractivity contribution in [2.45, 2.75) is 396 Å². The third-order valence-corrected chi connectivity index (χ3v) is 24.3. The number of unbranched alkanes of at least 4 members (excludes halogenated alkanes) is 30. The largest absolute Gasteiger partial charge is 0.506 e. The predicted molar refractivity (Wildman–Crippen MR) is 514 cm³/mol. The maximum absolute atomic E-state index is 11.9. The van der Waals surface area contributed by atoms with Gasteiger partial charge >= 0.3 is 0 Å². The highest BCUT2D eigenvalue weighted by molar-refractivity contribution is 5.27. The van der Waals surface area contributed by atoms with Crippen LogP contribution in [0.5, 0.6) is 0 Å². The third-order valence-electron chi connectivity index (χ3n) is 24.3. The Morgan fingerprint density at radius 1 is 0.218 bits per heavy atom. The van der Waals surface area contributed by atoms with Gasteiger partial charge in [0.2, 0.25) is 50.3 Å². The maximum Gasteiger partial charge on any atom is 0.218 e. The Bertz CT molecular complexity index is 3320. The van der Waals surface area contributed by atoms with Crippen LogP contribution < -0.4 is 0 Å². The normalized spacial score (nSPS) is 18.1. The van der Waals surface area contributed by atoms with Crippen molar-refractivity contribution in [3.8, 4) is 0 Å². The number of hydrogen-bond donors (Lipinski definition) is 36. The molecular formula is C98H174O44. The summed E-state index contributed by atoms with van der Waals surface area (Å²) in [4.78, 5) is 0. The molecule has 0 saturated heterocycles. The zero-order chi connectivity index (χ0) is 107. The number of rotatable bonds is 90. The average Bonchev–Trinajstić information content (AvgIpc) is 0.809. The average molecular weight is 2060 g/mol. The van der Waals surface area contributed by atoms with Crippen LogP contribution in [-0.2, 0) is 50.7 Å². The monoisotopic (exact) mass is 2060 g/mol. The van der Waals surface area contributed by atoms with Crippen molar-refractivity contribution in [3.05, 3.63) is 128 Å². The second kappa shape index (κ2) is 77.2. The van der Waals surface area contributed by atoms with Gasteiger partial charge in [0.15, 0.2) is 92.1 Å². The molecule has 1 rings (SSSR count). The van der Waals surface area contributed by atoms with Crippen LogP contribution in [0.25, 0.3) is 0 Å². The van der Waals surface area contributed by atoms with Crippen molar-refractivity contribution < 1.29 is 222 Å². The summed E-state index contributed by atoms with van der Waals surface area (Å²) in [5, 5.41) is 387. The molecule has 142 heavy (non-hydrogen) atoms. The van der Waals surface area contributed by atoms with Crippen LogP contribution in [0, 0.1) is 10.8 Å². The van der Waals surface area contributed by atoms with E-state index in [0.717, 1.165) is 116 Å². The van der Waals surface area contributed by atoms with E-state index in [1.165, 1.54) is 57.4 Å². The molecule has 0 bridgehead atoms. The van der Waals surface area contributed by atoms with E-state index in [0.29, 0.717) is 25.7 Å². The number of benzene rings is 1. The molecule has 0 saturated carbocycles. The number of aliphatic hydroxyl groups is 36. The molecule has 44 heteroatoms. The fraction of sp³-hybridized carbons (Fsp3) is 0.776. The van der Waals surface area contributed by atoms with Gasteiger partial charge in [-0.15, -0.1) is 0 Å². The highest BCUT2D eigenvalue weighted by Gasteiger charge is 2.41. The van der Waals surface area contributed by atoms with Gasteiger partial charge in [-0.25, -0.2) is 0 Å². The molecule has 1 aromatic carbocycles. The van der Waals surface area contributed by atoms with Crippen LogP contribution in [0.15, 0.2) is 116 Å². The van der Waals surface area contributed by atoms with E-state index in [-0.39, 0.29) is 49.7 Å². The summed E-state index contributed by atoms with van der Waals surface area (Å²) in [6, 6.07) is 6.16. The molecule has 0 aromatic heterocycles. The molecule has 2 unspecified atom stereocenters. The molecule has 0 aliphatic carbocycles. The zero-order valence-electron chi connectivity index (χ0n) is 82.5. The fourth-order valence-corrected chi connectivity index (χ4v) is 15.7. The minimum absolute atomic E-state index is 0.107. The molecule has 0 spiro atoms. The van der Waals surface area contributed by atoms with Crippen molar-refractivity contribution in [3.63, 3.8) is 0 Å². The molecule has 830 valence electrons. The topological polar surface area (TPSA) is 802 Å². The van der Waals surface area contributed by atoms with Crippen molar-refractivity contribution in [2.75, 3.05) is 79.3 Å². The summed E-state index contributed by atoms with van der Waals surface area (Å²) in [5.41, 5.74) is -3.05. The van der Waals surface area contributed by atoms with Gasteiger partial charge in [0, 0.05) is 115 Å². The third kappa shape index (κ3) is 51.9. The lowest BCUT2D eigenvalue weighted by molar-refractivity contribution is -0.169. The summed E-state index contributed by atoms with van der Waals surface area (Å²) < 4.78 is 45.2. The highest BCUT2D eigenvalue weighted by Crippen LogP contribution is 2.39. The molecule has 0 heterocycles. The molecule has 44 nitrogen and oxygen atoms in total. The molecule has 0 aliphatic rings. The summed E-state index contributed by atoms with van der Waals surface area (Å²) in [6.45, 7) is -5.64. The Balaban J connectivity index is 4.89. The molecule has 0 amide bonds. The van der Waals surface area contributed by atoms with Crippen LogP contribution in [0.4, 0.5) is 0 Å². The van der Waals surface area contributed by atoms with Gasteiger partial charge in [0.25, 0.3) is 0 Å². The lowest BCUT2D eigenvalue weighted by atomic mass is 9.76. The second-order valence-corrected chi connectivity index (χ2v) is 36.2. The Labute approximate surface area is 831 Å². The molecule has 18 atom stereocenters. The van der Waals surface area contributed by atoms with E-state index in [2.05, 4.69) is 13.8 Å². The summed E-state index contributed by atoms with van der Waals surface area (Å²) in [6.07, 6.45) is -13.5. The lowest BCUT2D eigenvalue weighted by Gasteiger charge is -2.36. The van der Waals surface area contributed by atoms with Gasteiger partial charge in [-0.2, -0.15) is 0 Å². The molecule has 0 radical (unpaired) electrons. The second-order valence-electron chi connectivity index (χ2n) is 36.2. The number of hydrogen-bond acceptors (Lipinski definition) is 44. The van der Waals surface area contributed by atoms with E-state index in [1.807, 2.05) is 0 Å². The van der Waals surface area contributed by atoms with Crippen molar-refractivity contribution in [1.82, 2.24) is 0 Å². The Morgan fingerprint density at radius 3 is 0.563 bits per heavy atom. The zero-order valence-corrected chi connectivity index (χ0v) is 82.5. The van der Waals surface area contributed by atoms with Gasteiger partial charge in [-0.05, 0) is 36.8 Å². The first-order chi connectivity index (χ1) is 67.7. The Hall–Kier alpha value is -7.18. The SMILES string of the molecule is CCCCCCCCCCCCCCCCCCC(CO[C@H](O)/C(O)=C(/O)[C@@H](CCO)O[C@H](O)/C(O)=C(\O)[C@H](O)CCO)(CO[C@H](O)/C(O)=C(\O)[C@@H](CCO)O[C@H](O)/C(O)=C(\O)[C@H](O)CCO)Cc1cccc(CC(CCCCCCCCCCCCCCCCCC)(CO[C@H](O)/C(O)=C(\O)[C@@H](CCO)O[C@H](O)/C(O)=C(/O)[C@H](O)CCO)CO[C@H](O)/C(O)=C(\O)[C@@H](CCO)O[C@H](O)/C(O)=C(\O)[C@H](O)CCO)c1. The molecule has 0 aliphatic heterocycles. The summed E-state index contributed by atoms with van der Waals surface area (Å²) in [5.74, 6) is -22.4. The Morgan fingerprint density at radius 2 is 0.387 bits per heavy atom. The van der Waals surface area contributed by atoms with Crippen LogP contribution in [0.3, 0.4) is 0 Å². The first-order valence-electron chi connectivity index (χ1n) is 49.8. The summed E-state index contributed by atoms with van der Waals surface area (Å²) >= 11 is 0. The van der Waals surface area contributed by atoms with Crippen LogP contribution in [0.2, 0.25) is 0 Å². The molecule has 1 aromatic rings. The van der Waals surface area contributed by atoms with E-state index in [9.17, 15) is 184 Å². The standard InChI is InChI=1S/C98H174O44/c1-3-5-7-9-11-13-15-17-19-21-23-25-27-29-31-33-46-97(59-135-89(127)85(123)77(115)69(42-52-103)139-93(131)81(119)73(111)65(107)38-48-99,60-136-90(128)86(124)78(116)70(43-53-104)140-94(132)82(120)74(112)66(108)39-49-100)57-63-36-35-37-64(56-63)58-98(47-34-32-30-28-26-24-22-20-18-16-14-12-10-8-6-4-2,61-137-91(129)87(125)79(117)71(44-54-105)141-95(133)83(121)75(113)67(109)40-50-101)62-138-92(130)88(126)80(118)72(45-55-106)142-96(134)84(122)76(114)68(110)41-51-102/h35-37,56,65-72,89-96,99-134H,3-34,38-55,57-62H2,1-2H3/b81-73-,82-74+,83-75+,84-76+,85-77+,86-78+,87-79-,88-80+/t65-,66-,67-,68-,69-,70-,71-,72-,89+,90+,91+,92+,93+,94+,95+,96+,97?,98?/m1/s1. The van der Waals surface area contributed by atoms with Crippen LogP contribution >= 0.6 is 0 Å². The van der Waals surface area contributed by atoms with E-state index in [4.69, 9.17) is 37.9 Å². The number of aliphatic hydroxyl groups excluding tert-OH is 36. The van der Waals surface area contributed by atoms with E-state index in [1.54, 1.807) is 18.2 Å². The maximum atomic E-state index is 11.9. The first-order valence-corrected chi connectivity index (χ1v) is 49.8. The van der Waals surface area contributed by atoms with Gasteiger partial charge in [-0.1, -0.05) is 244 Å². The molecular weight excluding hydrogens is 1880 g/mol. The number of ether oxygens (including phenoxy) is 8. The van der Waals surface area contributed by atoms with Gasteiger partial charge in [0.05, 0.1) is 26.4 Å². The highest BCUT2D eigenvalue weighted by atomic mass is 16.7. The van der Waals surface area contributed by atoms with Crippen molar-refractivity contribution in [2.24, 2.45) is 10.8 Å². The van der Waals surface area contributed by atoms with Crippen molar-refractivity contribution in [1.29, 1.82) is 0 Å². The minimum atomic E-state index is -2.67. The Kier molecular flexibility index (Phi) is 72.3. The quantitative estimate of drug-likeness (QED) is 0.0164. The smallest absolute Gasteiger partial charge is 0.218 e. The molecule has 0 fully saturated rings. The first kappa shape index (κ1) is 133. The van der Waals surface area contributed by atoms with Crippen molar-refractivity contribution >= 4 is 0 Å². The van der Waals surface area contributed by atoms with Gasteiger partial charge in [0.1, 0.15) is 48.8 Å². The summed E-state index contributed by atoms with van der Waals surface area (Å²) in [7, 11) is 0. The van der Waals surface area contributed by atoms with E-state index >= 15 is 0 Å². The van der Waals surface area contributed by atoms with Crippen LogP contribution in [0.1, 0.15) is 295 Å².